The Labute approximate surface area is 75.8 Å². The zero-order chi connectivity index (χ0) is 7.56. The third-order valence-corrected chi connectivity index (χ3v) is 2.46. The normalized spacial score (nSPS) is 9.90. The van der Waals surface area contributed by atoms with Gasteiger partial charge in [0.15, 0.2) is 0 Å². The van der Waals surface area contributed by atoms with Crippen molar-refractivity contribution in [3.8, 4) is 0 Å². The SMILES string of the molecule is Cc1ccc(CI)c(C)c1. The number of hydrogen-bond acceptors (Lipinski definition) is 0. The largest absolute Gasteiger partial charge is 0.0812 e. The van der Waals surface area contributed by atoms with E-state index in [1.165, 1.54) is 16.7 Å². The fourth-order valence-corrected chi connectivity index (χ4v) is 1.85. The van der Waals surface area contributed by atoms with Crippen LogP contribution in [0.15, 0.2) is 18.2 Å². The Morgan fingerprint density at radius 2 is 2.00 bits per heavy atom. The molecule has 1 rings (SSSR count). The van der Waals surface area contributed by atoms with E-state index in [1.54, 1.807) is 0 Å². The third-order valence-electron chi connectivity index (χ3n) is 1.64. The number of alkyl halides is 1. The van der Waals surface area contributed by atoms with Gasteiger partial charge in [-0.1, -0.05) is 46.4 Å². The van der Waals surface area contributed by atoms with Gasteiger partial charge < -0.3 is 0 Å². The van der Waals surface area contributed by atoms with Crippen LogP contribution in [0.25, 0.3) is 0 Å². The molecule has 0 spiro atoms. The van der Waals surface area contributed by atoms with Gasteiger partial charge in [0, 0.05) is 4.43 Å². The van der Waals surface area contributed by atoms with Crippen LogP contribution in [0.1, 0.15) is 16.7 Å². The molecule has 54 valence electrons. The summed E-state index contributed by atoms with van der Waals surface area (Å²) in [6, 6.07) is 6.60. The topological polar surface area (TPSA) is 0 Å². The Balaban J connectivity index is 3.07. The summed E-state index contributed by atoms with van der Waals surface area (Å²) in [7, 11) is 0. The molecule has 0 saturated carbocycles. The molecule has 1 aromatic carbocycles. The lowest BCUT2D eigenvalue weighted by molar-refractivity contribution is 1.29. The second kappa shape index (κ2) is 3.37. The van der Waals surface area contributed by atoms with E-state index < -0.39 is 0 Å². The van der Waals surface area contributed by atoms with E-state index in [1.807, 2.05) is 0 Å². The van der Waals surface area contributed by atoms with Crippen molar-refractivity contribution >= 4 is 22.6 Å². The molecule has 0 aliphatic carbocycles. The van der Waals surface area contributed by atoms with Crippen molar-refractivity contribution in [3.63, 3.8) is 0 Å². The molecule has 0 aromatic heterocycles. The van der Waals surface area contributed by atoms with E-state index in [9.17, 15) is 0 Å². The zero-order valence-corrected chi connectivity index (χ0v) is 8.47. The molecule has 0 atom stereocenters. The molecule has 0 heterocycles. The average molecular weight is 246 g/mol. The maximum atomic E-state index is 2.39. The van der Waals surface area contributed by atoms with E-state index >= 15 is 0 Å². The van der Waals surface area contributed by atoms with Gasteiger partial charge in [0.1, 0.15) is 0 Å². The molecule has 0 nitrogen and oxygen atoms in total. The molecular formula is C9H11I. The molecule has 0 bridgehead atoms. The van der Waals surface area contributed by atoms with Crippen molar-refractivity contribution in [2.24, 2.45) is 0 Å². The Morgan fingerprint density at radius 3 is 2.50 bits per heavy atom. The average Bonchev–Trinajstić information content (AvgIpc) is 1.88. The second-order valence-corrected chi connectivity index (χ2v) is 3.33. The Bertz CT molecular complexity index is 228. The predicted octanol–water partition coefficient (Wildman–Crippen LogP) is 3.24. The minimum Gasteiger partial charge on any atom is -0.0812 e. The van der Waals surface area contributed by atoms with Gasteiger partial charge in [-0.05, 0) is 25.0 Å². The van der Waals surface area contributed by atoms with Gasteiger partial charge in [-0.2, -0.15) is 0 Å². The first-order valence-electron chi connectivity index (χ1n) is 3.36. The summed E-state index contributed by atoms with van der Waals surface area (Å²) in [4.78, 5) is 0. The summed E-state index contributed by atoms with van der Waals surface area (Å²) >= 11 is 2.39. The molecule has 0 aliphatic heterocycles. The number of halogens is 1. The molecular weight excluding hydrogens is 235 g/mol. The highest BCUT2D eigenvalue weighted by molar-refractivity contribution is 14.1. The standard InChI is InChI=1S/C9H11I/c1-7-3-4-9(6-10)8(2)5-7/h3-5H,6H2,1-2H3. The van der Waals surface area contributed by atoms with Gasteiger partial charge in [-0.3, -0.25) is 0 Å². The van der Waals surface area contributed by atoms with E-state index in [0.717, 1.165) is 4.43 Å². The summed E-state index contributed by atoms with van der Waals surface area (Å²) in [5.41, 5.74) is 4.21. The quantitative estimate of drug-likeness (QED) is 0.527. The Hall–Kier alpha value is -0.0500. The van der Waals surface area contributed by atoms with Gasteiger partial charge in [0.2, 0.25) is 0 Å². The summed E-state index contributed by atoms with van der Waals surface area (Å²) < 4.78 is 1.11. The van der Waals surface area contributed by atoms with Crippen molar-refractivity contribution in [1.82, 2.24) is 0 Å². The Morgan fingerprint density at radius 1 is 1.30 bits per heavy atom. The van der Waals surface area contributed by atoms with Gasteiger partial charge >= 0.3 is 0 Å². The molecule has 0 radical (unpaired) electrons. The Kier molecular flexibility index (Phi) is 2.72. The summed E-state index contributed by atoms with van der Waals surface area (Å²) in [6.45, 7) is 4.30. The number of aryl methyl sites for hydroxylation is 2. The maximum Gasteiger partial charge on any atom is 0.0249 e. The van der Waals surface area contributed by atoms with Gasteiger partial charge in [0.05, 0.1) is 0 Å². The van der Waals surface area contributed by atoms with Crippen LogP contribution in [0.5, 0.6) is 0 Å². The van der Waals surface area contributed by atoms with Crippen molar-refractivity contribution in [3.05, 3.63) is 34.9 Å². The van der Waals surface area contributed by atoms with Crippen LogP contribution in [-0.4, -0.2) is 0 Å². The fraction of sp³-hybridized carbons (Fsp3) is 0.333. The van der Waals surface area contributed by atoms with Crippen LogP contribution in [-0.2, 0) is 4.43 Å². The van der Waals surface area contributed by atoms with E-state index in [0.29, 0.717) is 0 Å². The first-order chi connectivity index (χ1) is 4.74. The van der Waals surface area contributed by atoms with Crippen LogP contribution in [0.3, 0.4) is 0 Å². The minimum atomic E-state index is 1.11. The molecule has 10 heavy (non-hydrogen) atoms. The summed E-state index contributed by atoms with van der Waals surface area (Å²) in [5.74, 6) is 0. The van der Waals surface area contributed by atoms with Crippen molar-refractivity contribution in [2.75, 3.05) is 0 Å². The fourth-order valence-electron chi connectivity index (χ4n) is 0.996. The van der Waals surface area contributed by atoms with E-state index in [2.05, 4.69) is 54.6 Å². The van der Waals surface area contributed by atoms with Crippen molar-refractivity contribution < 1.29 is 0 Å². The molecule has 0 saturated heterocycles. The van der Waals surface area contributed by atoms with E-state index in [-0.39, 0.29) is 0 Å². The molecule has 0 N–H and O–H groups in total. The zero-order valence-electron chi connectivity index (χ0n) is 6.32. The lowest BCUT2D eigenvalue weighted by atomic mass is 10.1. The van der Waals surface area contributed by atoms with Crippen LogP contribution in [0, 0.1) is 13.8 Å². The highest BCUT2D eigenvalue weighted by Crippen LogP contribution is 2.13. The van der Waals surface area contributed by atoms with Crippen LogP contribution < -0.4 is 0 Å². The highest BCUT2D eigenvalue weighted by Gasteiger charge is 1.94. The summed E-state index contributed by atoms with van der Waals surface area (Å²) in [6.07, 6.45) is 0. The second-order valence-electron chi connectivity index (χ2n) is 2.56. The minimum absolute atomic E-state index is 1.11. The van der Waals surface area contributed by atoms with E-state index in [4.69, 9.17) is 0 Å². The number of hydrogen-bond donors (Lipinski definition) is 0. The van der Waals surface area contributed by atoms with Gasteiger partial charge in [0.25, 0.3) is 0 Å². The molecule has 0 fully saturated rings. The molecule has 0 unspecified atom stereocenters. The van der Waals surface area contributed by atoms with Crippen LogP contribution in [0.4, 0.5) is 0 Å². The third kappa shape index (κ3) is 1.72. The van der Waals surface area contributed by atoms with Crippen LogP contribution >= 0.6 is 22.6 Å². The number of rotatable bonds is 1. The predicted molar refractivity (Wildman–Crippen MR) is 53.6 cm³/mol. The van der Waals surface area contributed by atoms with Crippen molar-refractivity contribution in [1.29, 1.82) is 0 Å². The smallest absolute Gasteiger partial charge is 0.0249 e. The molecule has 1 heteroatoms. The van der Waals surface area contributed by atoms with Gasteiger partial charge in [-0.25, -0.2) is 0 Å². The molecule has 0 amide bonds. The van der Waals surface area contributed by atoms with Gasteiger partial charge in [-0.15, -0.1) is 0 Å². The van der Waals surface area contributed by atoms with Crippen molar-refractivity contribution in [2.45, 2.75) is 18.3 Å². The molecule has 1 aromatic rings. The lowest BCUT2D eigenvalue weighted by Gasteiger charge is -2.01. The number of benzene rings is 1. The maximum absolute atomic E-state index is 2.39. The van der Waals surface area contributed by atoms with Crippen LogP contribution in [0.2, 0.25) is 0 Å². The lowest BCUT2D eigenvalue weighted by Crippen LogP contribution is -1.84. The highest BCUT2D eigenvalue weighted by atomic mass is 127. The first-order valence-corrected chi connectivity index (χ1v) is 4.88. The summed E-state index contributed by atoms with van der Waals surface area (Å²) in [5, 5.41) is 0. The first kappa shape index (κ1) is 8.05. The monoisotopic (exact) mass is 246 g/mol. The molecule has 0 aliphatic rings.